The van der Waals surface area contributed by atoms with Crippen LogP contribution < -0.4 is 0 Å². The predicted octanol–water partition coefficient (Wildman–Crippen LogP) is 3.32. The number of carbonyl (C=O) groups is 2. The quantitative estimate of drug-likeness (QED) is 0.753. The molecule has 28 heavy (non-hydrogen) atoms. The van der Waals surface area contributed by atoms with Crippen molar-refractivity contribution in [1.29, 1.82) is 0 Å². The number of ether oxygens (including phenoxy) is 2. The summed E-state index contributed by atoms with van der Waals surface area (Å²) in [7, 11) is 1.79. The summed E-state index contributed by atoms with van der Waals surface area (Å²) in [5, 5.41) is 0. The summed E-state index contributed by atoms with van der Waals surface area (Å²) in [5.74, 6) is -0.251. The normalized spacial score (nSPS) is 16.5. The first kappa shape index (κ1) is 20.2. The SMILES string of the molecule is CCOC(=O)Cn1c2c(c3ncccc31)C[C@@H](N(C)C(=O)OC(C)(C)C)CC2. The van der Waals surface area contributed by atoms with Crippen LogP contribution in [0.3, 0.4) is 0 Å². The van der Waals surface area contributed by atoms with Gasteiger partial charge in [0, 0.05) is 30.5 Å². The minimum Gasteiger partial charge on any atom is -0.465 e. The van der Waals surface area contributed by atoms with Crippen molar-refractivity contribution >= 4 is 23.1 Å². The molecule has 0 bridgehead atoms. The van der Waals surface area contributed by atoms with Gasteiger partial charge in [-0.1, -0.05) is 0 Å². The first-order valence-electron chi connectivity index (χ1n) is 9.77. The summed E-state index contributed by atoms with van der Waals surface area (Å²) in [6, 6.07) is 3.89. The van der Waals surface area contributed by atoms with E-state index in [1.165, 1.54) is 0 Å². The Balaban J connectivity index is 1.89. The van der Waals surface area contributed by atoms with Crippen LogP contribution in [0.4, 0.5) is 4.79 Å². The number of rotatable bonds is 4. The number of nitrogens with zero attached hydrogens (tertiary/aromatic N) is 3. The third-order valence-electron chi connectivity index (χ3n) is 5.01. The van der Waals surface area contributed by atoms with Gasteiger partial charge in [0.1, 0.15) is 12.1 Å². The number of amides is 1. The number of pyridine rings is 1. The van der Waals surface area contributed by atoms with Crippen molar-refractivity contribution in [2.75, 3.05) is 13.7 Å². The molecule has 0 N–H and O–H groups in total. The second-order valence-corrected chi connectivity index (χ2v) is 8.18. The minimum atomic E-state index is -0.525. The first-order valence-corrected chi connectivity index (χ1v) is 9.77. The summed E-state index contributed by atoms with van der Waals surface area (Å²) < 4.78 is 12.7. The molecule has 0 saturated heterocycles. The lowest BCUT2D eigenvalue weighted by atomic mass is 9.92. The van der Waals surface area contributed by atoms with Crippen molar-refractivity contribution < 1.29 is 19.1 Å². The maximum Gasteiger partial charge on any atom is 0.410 e. The molecule has 2 heterocycles. The van der Waals surface area contributed by atoms with E-state index in [-0.39, 0.29) is 24.6 Å². The number of carbonyl (C=O) groups excluding carboxylic acids is 2. The third-order valence-corrected chi connectivity index (χ3v) is 5.01. The minimum absolute atomic E-state index is 0.0333. The Morgan fingerprint density at radius 2 is 2.11 bits per heavy atom. The maximum atomic E-state index is 12.5. The van der Waals surface area contributed by atoms with Gasteiger partial charge in [0.2, 0.25) is 0 Å². The van der Waals surface area contributed by atoms with Gasteiger partial charge in [0.15, 0.2) is 0 Å². The lowest BCUT2D eigenvalue weighted by molar-refractivity contribution is -0.143. The highest BCUT2D eigenvalue weighted by molar-refractivity contribution is 5.84. The molecule has 1 atom stereocenters. The largest absolute Gasteiger partial charge is 0.465 e. The Bertz CT molecular complexity index is 882. The van der Waals surface area contributed by atoms with Crippen LogP contribution in [0.2, 0.25) is 0 Å². The lowest BCUT2D eigenvalue weighted by Gasteiger charge is -2.33. The summed E-state index contributed by atoms with van der Waals surface area (Å²) in [6.45, 7) is 7.94. The van der Waals surface area contributed by atoms with E-state index in [1.54, 1.807) is 25.1 Å². The van der Waals surface area contributed by atoms with Gasteiger partial charge < -0.3 is 18.9 Å². The second-order valence-electron chi connectivity index (χ2n) is 8.18. The van der Waals surface area contributed by atoms with Crippen LogP contribution in [0, 0.1) is 0 Å². The fraction of sp³-hybridized carbons (Fsp3) is 0.571. The molecule has 0 fully saturated rings. The zero-order chi connectivity index (χ0) is 20.5. The van der Waals surface area contributed by atoms with Crippen molar-refractivity contribution in [1.82, 2.24) is 14.5 Å². The fourth-order valence-corrected chi connectivity index (χ4v) is 3.76. The smallest absolute Gasteiger partial charge is 0.410 e. The third kappa shape index (κ3) is 4.13. The van der Waals surface area contributed by atoms with Gasteiger partial charge in [0.05, 0.1) is 17.6 Å². The number of esters is 1. The molecule has 2 aromatic rings. The van der Waals surface area contributed by atoms with Crippen molar-refractivity contribution in [2.24, 2.45) is 0 Å². The van der Waals surface area contributed by atoms with E-state index >= 15 is 0 Å². The van der Waals surface area contributed by atoms with Gasteiger partial charge in [-0.25, -0.2) is 4.79 Å². The Labute approximate surface area is 165 Å². The highest BCUT2D eigenvalue weighted by Gasteiger charge is 2.32. The van der Waals surface area contributed by atoms with Crippen LogP contribution in [0.1, 0.15) is 45.4 Å². The Kier molecular flexibility index (Phi) is 5.63. The number of hydrogen-bond acceptors (Lipinski definition) is 5. The maximum absolute atomic E-state index is 12.5. The fourth-order valence-electron chi connectivity index (χ4n) is 3.76. The molecule has 3 rings (SSSR count). The lowest BCUT2D eigenvalue weighted by Crippen LogP contribution is -2.43. The topological polar surface area (TPSA) is 73.7 Å². The highest BCUT2D eigenvalue weighted by atomic mass is 16.6. The standard InChI is InChI=1S/C21H29N3O4/c1-6-27-18(25)13-24-16-10-9-14(23(5)20(26)28-21(2,3)4)12-15(16)19-17(24)8-7-11-22-19/h7-8,11,14H,6,9-10,12-13H2,1-5H3/t14-/m0/s1. The molecule has 2 aromatic heterocycles. The number of hydrogen-bond donors (Lipinski definition) is 0. The first-order chi connectivity index (χ1) is 13.2. The van der Waals surface area contributed by atoms with Gasteiger partial charge in [0.25, 0.3) is 0 Å². The molecule has 0 aliphatic heterocycles. The summed E-state index contributed by atoms with van der Waals surface area (Å²) >= 11 is 0. The monoisotopic (exact) mass is 387 g/mol. The molecule has 0 radical (unpaired) electrons. The van der Waals surface area contributed by atoms with E-state index in [0.29, 0.717) is 13.0 Å². The molecule has 0 saturated carbocycles. The van der Waals surface area contributed by atoms with Gasteiger partial charge in [-0.2, -0.15) is 0 Å². The van der Waals surface area contributed by atoms with E-state index in [9.17, 15) is 9.59 Å². The molecule has 1 aliphatic carbocycles. The molecule has 1 aliphatic rings. The summed E-state index contributed by atoms with van der Waals surface area (Å²) in [4.78, 5) is 30.8. The molecule has 0 spiro atoms. The van der Waals surface area contributed by atoms with Crippen molar-refractivity contribution in [2.45, 2.75) is 65.1 Å². The van der Waals surface area contributed by atoms with Crippen LogP contribution in [0.5, 0.6) is 0 Å². The van der Waals surface area contributed by atoms with Gasteiger partial charge in [-0.05, 0) is 59.1 Å². The van der Waals surface area contributed by atoms with E-state index in [4.69, 9.17) is 9.47 Å². The van der Waals surface area contributed by atoms with Crippen LogP contribution in [0.25, 0.3) is 11.0 Å². The molecular weight excluding hydrogens is 358 g/mol. The van der Waals surface area contributed by atoms with Crippen LogP contribution in [-0.2, 0) is 33.7 Å². The average Bonchev–Trinajstić information content (AvgIpc) is 2.93. The van der Waals surface area contributed by atoms with E-state index < -0.39 is 5.60 Å². The Morgan fingerprint density at radius 1 is 1.36 bits per heavy atom. The van der Waals surface area contributed by atoms with E-state index in [2.05, 4.69) is 4.98 Å². The highest BCUT2D eigenvalue weighted by Crippen LogP contribution is 2.32. The zero-order valence-electron chi connectivity index (χ0n) is 17.3. The van der Waals surface area contributed by atoms with Gasteiger partial charge >= 0.3 is 12.1 Å². The van der Waals surface area contributed by atoms with Crippen molar-refractivity contribution in [3.05, 3.63) is 29.6 Å². The van der Waals surface area contributed by atoms with Gasteiger partial charge in [-0.3, -0.25) is 9.78 Å². The number of likely N-dealkylation sites (N-methyl/N-ethyl adjacent to an activating group) is 1. The van der Waals surface area contributed by atoms with Crippen LogP contribution >= 0.6 is 0 Å². The average molecular weight is 387 g/mol. The molecule has 0 unspecified atom stereocenters. The van der Waals surface area contributed by atoms with Crippen molar-refractivity contribution in [3.8, 4) is 0 Å². The molecule has 7 heteroatoms. The molecular formula is C21H29N3O4. The summed E-state index contributed by atoms with van der Waals surface area (Å²) in [5.41, 5.74) is 3.51. The molecule has 0 aromatic carbocycles. The number of aromatic nitrogens is 2. The molecule has 1 amide bonds. The predicted molar refractivity (Wildman–Crippen MR) is 106 cm³/mol. The number of fused-ring (bicyclic) bond motifs is 3. The molecule has 7 nitrogen and oxygen atoms in total. The van der Waals surface area contributed by atoms with E-state index in [1.807, 2.05) is 37.5 Å². The molecule has 152 valence electrons. The summed E-state index contributed by atoms with van der Waals surface area (Å²) in [6.07, 6.45) is 3.71. The van der Waals surface area contributed by atoms with Crippen LogP contribution in [0.15, 0.2) is 18.3 Å². The van der Waals surface area contributed by atoms with E-state index in [0.717, 1.165) is 35.1 Å². The second kappa shape index (κ2) is 7.81. The van der Waals surface area contributed by atoms with Crippen molar-refractivity contribution in [3.63, 3.8) is 0 Å². The Morgan fingerprint density at radius 3 is 2.79 bits per heavy atom. The van der Waals surface area contributed by atoms with Gasteiger partial charge in [-0.15, -0.1) is 0 Å². The Hall–Kier alpha value is -2.57. The van der Waals surface area contributed by atoms with Crippen LogP contribution in [-0.4, -0.2) is 51.8 Å². The zero-order valence-corrected chi connectivity index (χ0v) is 17.3.